The van der Waals surface area contributed by atoms with Crippen LogP contribution in [-0.4, -0.2) is 19.1 Å². The van der Waals surface area contributed by atoms with E-state index in [1.54, 1.807) is 24.3 Å². The van der Waals surface area contributed by atoms with Crippen LogP contribution in [0.25, 0.3) is 0 Å². The molecule has 136 valence electrons. The molecule has 5 heteroatoms. The number of halogens is 2. The van der Waals surface area contributed by atoms with E-state index in [0.29, 0.717) is 13.0 Å². The van der Waals surface area contributed by atoms with Crippen LogP contribution in [0.15, 0.2) is 24.3 Å². The maximum atomic E-state index is 12.8. The maximum Gasteiger partial charge on any atom is 0.387 e. The first kappa shape index (κ1) is 16.8. The summed E-state index contributed by atoms with van der Waals surface area (Å²) >= 11 is 0. The Morgan fingerprint density at radius 3 is 2.16 bits per heavy atom. The maximum absolute atomic E-state index is 12.8. The van der Waals surface area contributed by atoms with Crippen LogP contribution in [0.4, 0.5) is 8.78 Å². The molecular formula is C20H25F2NO2. The molecule has 0 saturated heterocycles. The number of carbonyl (C=O) groups excluding carboxylic acids is 1. The van der Waals surface area contributed by atoms with E-state index in [-0.39, 0.29) is 17.1 Å². The summed E-state index contributed by atoms with van der Waals surface area (Å²) in [5.41, 5.74) is 0.899. The fourth-order valence-electron chi connectivity index (χ4n) is 5.73. The quantitative estimate of drug-likeness (QED) is 0.837. The molecule has 3 nitrogen and oxygen atoms in total. The Bertz CT molecular complexity index is 594. The van der Waals surface area contributed by atoms with Gasteiger partial charge in [-0.2, -0.15) is 8.78 Å². The van der Waals surface area contributed by atoms with Crippen LogP contribution in [0.1, 0.15) is 44.1 Å². The van der Waals surface area contributed by atoms with E-state index >= 15 is 0 Å². The molecule has 0 atom stereocenters. The van der Waals surface area contributed by atoms with Crippen LogP contribution < -0.4 is 10.1 Å². The molecule has 0 heterocycles. The molecular weight excluding hydrogens is 324 g/mol. The summed E-state index contributed by atoms with van der Waals surface area (Å²) in [6.45, 7) is -2.21. The second-order valence-electron chi connectivity index (χ2n) is 8.23. The Labute approximate surface area is 147 Å². The van der Waals surface area contributed by atoms with E-state index in [0.717, 1.165) is 42.6 Å². The third kappa shape index (κ3) is 3.51. The van der Waals surface area contributed by atoms with Crippen molar-refractivity contribution in [2.75, 3.05) is 6.54 Å². The molecule has 0 aliphatic heterocycles. The Kier molecular flexibility index (Phi) is 4.42. The lowest BCUT2D eigenvalue weighted by atomic mass is 9.49. The summed E-state index contributed by atoms with van der Waals surface area (Å²) in [5.74, 6) is 2.69. The van der Waals surface area contributed by atoms with Crippen LogP contribution >= 0.6 is 0 Å². The molecule has 4 aliphatic carbocycles. The summed E-state index contributed by atoms with van der Waals surface area (Å²) in [7, 11) is 0. The van der Waals surface area contributed by atoms with Crippen molar-refractivity contribution in [1.82, 2.24) is 5.32 Å². The summed E-state index contributed by atoms with van der Waals surface area (Å²) in [6, 6.07) is 6.63. The molecule has 4 aliphatic rings. The van der Waals surface area contributed by atoms with Crippen LogP contribution in [0.2, 0.25) is 0 Å². The molecule has 0 radical (unpaired) electrons. The SMILES string of the molecule is O=C(NCCc1ccc(OC(F)F)cc1)C12CC3CC(CC(C3)C1)C2. The third-order valence-corrected chi connectivity index (χ3v) is 6.37. The molecule has 4 saturated carbocycles. The van der Waals surface area contributed by atoms with Crippen LogP contribution in [-0.2, 0) is 11.2 Å². The average Bonchev–Trinajstić information content (AvgIpc) is 2.54. The highest BCUT2D eigenvalue weighted by molar-refractivity contribution is 5.83. The van der Waals surface area contributed by atoms with Gasteiger partial charge >= 0.3 is 6.61 Å². The van der Waals surface area contributed by atoms with Crippen molar-refractivity contribution < 1.29 is 18.3 Å². The first-order valence-electron chi connectivity index (χ1n) is 9.34. The smallest absolute Gasteiger partial charge is 0.387 e. The molecule has 5 rings (SSSR count). The first-order chi connectivity index (χ1) is 12.0. The number of amides is 1. The number of benzene rings is 1. The fraction of sp³-hybridized carbons (Fsp3) is 0.650. The first-order valence-corrected chi connectivity index (χ1v) is 9.34. The fourth-order valence-corrected chi connectivity index (χ4v) is 5.73. The highest BCUT2D eigenvalue weighted by atomic mass is 19.3. The Balaban J connectivity index is 1.29. The third-order valence-electron chi connectivity index (χ3n) is 6.37. The van der Waals surface area contributed by atoms with Gasteiger partial charge in [-0.05, 0) is 80.4 Å². The highest BCUT2D eigenvalue weighted by Gasteiger charge is 2.54. The Hall–Kier alpha value is -1.65. The Morgan fingerprint density at radius 2 is 1.64 bits per heavy atom. The molecule has 25 heavy (non-hydrogen) atoms. The topological polar surface area (TPSA) is 38.3 Å². The minimum atomic E-state index is -2.80. The molecule has 4 bridgehead atoms. The van der Waals surface area contributed by atoms with E-state index in [9.17, 15) is 13.6 Å². The van der Waals surface area contributed by atoms with Gasteiger partial charge in [0.15, 0.2) is 0 Å². The molecule has 0 unspecified atom stereocenters. The monoisotopic (exact) mass is 349 g/mol. The van der Waals surface area contributed by atoms with Crippen molar-refractivity contribution >= 4 is 5.91 Å². The predicted molar refractivity (Wildman–Crippen MR) is 90.4 cm³/mol. The van der Waals surface area contributed by atoms with Gasteiger partial charge in [0.2, 0.25) is 5.91 Å². The normalized spacial score (nSPS) is 32.8. The molecule has 4 fully saturated rings. The molecule has 1 aromatic rings. The lowest BCUT2D eigenvalue weighted by Crippen LogP contribution is -2.53. The van der Waals surface area contributed by atoms with Gasteiger partial charge in [-0.25, -0.2) is 0 Å². The van der Waals surface area contributed by atoms with Crippen LogP contribution in [0, 0.1) is 23.2 Å². The average molecular weight is 349 g/mol. The van der Waals surface area contributed by atoms with E-state index in [2.05, 4.69) is 10.1 Å². The summed E-state index contributed by atoms with van der Waals surface area (Å²) < 4.78 is 28.7. The second-order valence-corrected chi connectivity index (χ2v) is 8.23. The lowest BCUT2D eigenvalue weighted by Gasteiger charge is -2.55. The number of alkyl halides is 2. The van der Waals surface area contributed by atoms with Gasteiger partial charge in [0.05, 0.1) is 0 Å². The van der Waals surface area contributed by atoms with Crippen LogP contribution in [0.5, 0.6) is 5.75 Å². The number of ether oxygens (including phenoxy) is 1. The highest BCUT2D eigenvalue weighted by Crippen LogP contribution is 2.60. The van der Waals surface area contributed by atoms with Crippen LogP contribution in [0.3, 0.4) is 0 Å². The summed E-state index contributed by atoms with van der Waals surface area (Å²) in [5, 5.41) is 3.14. The minimum absolute atomic E-state index is 0.107. The van der Waals surface area contributed by atoms with E-state index in [1.807, 2.05) is 0 Å². The zero-order valence-electron chi connectivity index (χ0n) is 14.3. The van der Waals surface area contributed by atoms with Gasteiger partial charge in [-0.3, -0.25) is 4.79 Å². The summed E-state index contributed by atoms with van der Waals surface area (Å²) in [6.07, 6.45) is 7.92. The summed E-state index contributed by atoms with van der Waals surface area (Å²) in [4.78, 5) is 12.8. The lowest BCUT2D eigenvalue weighted by molar-refractivity contribution is -0.146. The number of hydrogen-bond donors (Lipinski definition) is 1. The number of hydrogen-bond acceptors (Lipinski definition) is 2. The molecule has 0 spiro atoms. The van der Waals surface area contributed by atoms with Crippen molar-refractivity contribution in [3.63, 3.8) is 0 Å². The molecule has 1 amide bonds. The van der Waals surface area contributed by atoms with Gasteiger partial charge in [-0.1, -0.05) is 12.1 Å². The van der Waals surface area contributed by atoms with Crippen molar-refractivity contribution in [2.45, 2.75) is 51.6 Å². The number of nitrogens with one attached hydrogen (secondary N) is 1. The van der Waals surface area contributed by atoms with E-state index < -0.39 is 6.61 Å². The van der Waals surface area contributed by atoms with Crippen molar-refractivity contribution in [3.05, 3.63) is 29.8 Å². The molecule has 0 aromatic heterocycles. The number of carbonyl (C=O) groups is 1. The predicted octanol–water partition coefficient (Wildman–Crippen LogP) is 4.16. The van der Waals surface area contributed by atoms with Gasteiger partial charge in [0.1, 0.15) is 5.75 Å². The van der Waals surface area contributed by atoms with E-state index in [4.69, 9.17) is 0 Å². The number of rotatable bonds is 6. The van der Waals surface area contributed by atoms with Crippen molar-refractivity contribution in [3.8, 4) is 5.75 Å². The largest absolute Gasteiger partial charge is 0.435 e. The van der Waals surface area contributed by atoms with Gasteiger partial charge in [0, 0.05) is 12.0 Å². The van der Waals surface area contributed by atoms with Gasteiger partial charge < -0.3 is 10.1 Å². The standard InChI is InChI=1S/C20H25F2NO2/c21-19(22)25-17-3-1-13(2-4-17)5-6-23-18(24)20-10-14-7-15(11-20)9-16(8-14)12-20/h1-4,14-16,19H,5-12H2,(H,23,24). The zero-order chi connectivity index (χ0) is 17.4. The van der Waals surface area contributed by atoms with Crippen molar-refractivity contribution in [2.24, 2.45) is 23.2 Å². The van der Waals surface area contributed by atoms with Gasteiger partial charge in [0.25, 0.3) is 0 Å². The van der Waals surface area contributed by atoms with Crippen molar-refractivity contribution in [1.29, 1.82) is 0 Å². The zero-order valence-corrected chi connectivity index (χ0v) is 14.3. The molecule has 1 aromatic carbocycles. The van der Waals surface area contributed by atoms with Gasteiger partial charge in [-0.15, -0.1) is 0 Å². The van der Waals surface area contributed by atoms with E-state index in [1.165, 1.54) is 19.3 Å². The Morgan fingerprint density at radius 1 is 1.08 bits per heavy atom. The molecule has 1 N–H and O–H groups in total. The minimum Gasteiger partial charge on any atom is -0.435 e. The second kappa shape index (κ2) is 6.58.